The number of fused-ring (bicyclic) bond motifs is 2. The Morgan fingerprint density at radius 1 is 1.50 bits per heavy atom. The van der Waals surface area contributed by atoms with E-state index in [0.29, 0.717) is 17.4 Å². The molecule has 2 aliphatic rings. The molecule has 5 heteroatoms. The van der Waals surface area contributed by atoms with Gasteiger partial charge in [-0.05, 0) is 55.5 Å². The molecule has 96 valence electrons. The number of hydrogen-bond donors (Lipinski definition) is 2. The van der Waals surface area contributed by atoms with Gasteiger partial charge in [-0.3, -0.25) is 0 Å². The molecule has 0 radical (unpaired) electrons. The van der Waals surface area contributed by atoms with E-state index in [1.54, 1.807) is 0 Å². The van der Waals surface area contributed by atoms with Crippen molar-refractivity contribution >= 4 is 22.4 Å². The minimum absolute atomic E-state index is 0.352. The molecule has 4 nitrogen and oxygen atoms in total. The number of nitriles is 1. The Hall–Kier alpha value is -1.28. The Labute approximate surface area is 111 Å². The molecule has 0 aromatic carbocycles. The molecule has 2 bridgehead atoms. The average Bonchev–Trinajstić information content (AvgIpc) is 3.04. The van der Waals surface area contributed by atoms with E-state index in [1.807, 2.05) is 0 Å². The molecule has 1 heterocycles. The number of nitrogens with two attached hydrogens (primary N) is 1. The van der Waals surface area contributed by atoms with Crippen molar-refractivity contribution in [2.75, 3.05) is 11.1 Å². The summed E-state index contributed by atoms with van der Waals surface area (Å²) in [4.78, 5) is 0. The van der Waals surface area contributed by atoms with E-state index < -0.39 is 0 Å². The number of nitrogens with zero attached hydrogens (tertiary/aromatic N) is 2. The molecule has 2 fully saturated rings. The summed E-state index contributed by atoms with van der Waals surface area (Å²) in [5.74, 6) is 2.93. The van der Waals surface area contributed by atoms with E-state index in [4.69, 9.17) is 11.0 Å². The third-order valence-corrected chi connectivity index (χ3v) is 5.42. The van der Waals surface area contributed by atoms with Crippen LogP contribution in [0.25, 0.3) is 0 Å². The lowest BCUT2D eigenvalue weighted by molar-refractivity contribution is 0.304. The largest absolute Gasteiger partial charge is 0.382 e. The lowest BCUT2D eigenvalue weighted by Crippen LogP contribution is -2.29. The van der Waals surface area contributed by atoms with Crippen LogP contribution in [0.5, 0.6) is 0 Å². The van der Waals surface area contributed by atoms with E-state index in [9.17, 15) is 0 Å². The van der Waals surface area contributed by atoms with Crippen molar-refractivity contribution in [1.82, 2.24) is 4.37 Å². The van der Waals surface area contributed by atoms with Gasteiger partial charge in [-0.1, -0.05) is 6.42 Å². The van der Waals surface area contributed by atoms with Gasteiger partial charge in [0.1, 0.15) is 16.6 Å². The van der Waals surface area contributed by atoms with E-state index in [2.05, 4.69) is 22.7 Å². The molecule has 0 saturated heterocycles. The molecule has 0 amide bonds. The quantitative estimate of drug-likeness (QED) is 0.878. The van der Waals surface area contributed by atoms with Gasteiger partial charge in [0.2, 0.25) is 0 Å². The Bertz CT molecular complexity index is 490. The molecule has 2 aliphatic carbocycles. The van der Waals surface area contributed by atoms with Crippen molar-refractivity contribution in [3.63, 3.8) is 0 Å². The predicted octanol–water partition coefficient (Wildman–Crippen LogP) is 2.83. The van der Waals surface area contributed by atoms with Crippen molar-refractivity contribution in [1.29, 1.82) is 5.26 Å². The van der Waals surface area contributed by atoms with Gasteiger partial charge in [0.25, 0.3) is 0 Å². The first-order valence-electron chi connectivity index (χ1n) is 6.60. The van der Waals surface area contributed by atoms with Crippen LogP contribution in [0.4, 0.5) is 10.8 Å². The van der Waals surface area contributed by atoms with E-state index in [-0.39, 0.29) is 0 Å². The number of aromatic nitrogens is 1. The number of rotatable bonds is 3. The van der Waals surface area contributed by atoms with Crippen molar-refractivity contribution in [3.8, 4) is 6.07 Å². The number of nitrogens with one attached hydrogen (secondary N) is 1. The van der Waals surface area contributed by atoms with E-state index >= 15 is 0 Å². The lowest BCUT2D eigenvalue weighted by atomic mass is 9.84. The molecular formula is C13H18N4S. The maximum atomic E-state index is 9.07. The first kappa shape index (κ1) is 11.8. The van der Waals surface area contributed by atoms with Crippen LogP contribution in [-0.4, -0.2) is 10.4 Å². The predicted molar refractivity (Wildman–Crippen MR) is 73.3 cm³/mol. The maximum Gasteiger partial charge on any atom is 0.157 e. The van der Waals surface area contributed by atoms with Gasteiger partial charge in [0, 0.05) is 6.04 Å². The van der Waals surface area contributed by atoms with Gasteiger partial charge in [0.15, 0.2) is 5.82 Å². The smallest absolute Gasteiger partial charge is 0.157 e. The third kappa shape index (κ3) is 1.85. The number of hydrogen-bond acceptors (Lipinski definition) is 5. The van der Waals surface area contributed by atoms with Crippen LogP contribution in [0.15, 0.2) is 0 Å². The summed E-state index contributed by atoms with van der Waals surface area (Å²) in [5.41, 5.74) is 6.19. The van der Waals surface area contributed by atoms with Crippen molar-refractivity contribution in [2.24, 2.45) is 17.8 Å². The summed E-state index contributed by atoms with van der Waals surface area (Å²) >= 11 is 1.30. The fourth-order valence-electron chi connectivity index (χ4n) is 3.73. The molecule has 3 rings (SSSR count). The van der Waals surface area contributed by atoms with Crippen molar-refractivity contribution < 1.29 is 0 Å². The molecule has 2 saturated carbocycles. The Kier molecular flexibility index (Phi) is 2.90. The van der Waals surface area contributed by atoms with Crippen molar-refractivity contribution in [2.45, 2.75) is 38.6 Å². The van der Waals surface area contributed by atoms with Gasteiger partial charge in [-0.25, -0.2) is 0 Å². The van der Waals surface area contributed by atoms with Crippen LogP contribution in [0.2, 0.25) is 0 Å². The fourth-order valence-corrected chi connectivity index (χ4v) is 4.49. The number of nitrogen functional groups attached to an aromatic ring is 1. The highest BCUT2D eigenvalue weighted by molar-refractivity contribution is 7.10. The zero-order valence-electron chi connectivity index (χ0n) is 10.5. The molecule has 4 atom stereocenters. The fraction of sp³-hybridized carbons (Fsp3) is 0.692. The van der Waals surface area contributed by atoms with Crippen LogP contribution in [0.3, 0.4) is 0 Å². The van der Waals surface area contributed by atoms with Crippen LogP contribution < -0.4 is 11.1 Å². The summed E-state index contributed by atoms with van der Waals surface area (Å²) in [6.07, 6.45) is 5.56. The third-order valence-electron chi connectivity index (χ3n) is 4.62. The normalized spacial score (nSPS) is 31.2. The summed E-state index contributed by atoms with van der Waals surface area (Å²) in [5, 5.41) is 13.4. The Morgan fingerprint density at radius 2 is 2.33 bits per heavy atom. The van der Waals surface area contributed by atoms with Gasteiger partial charge >= 0.3 is 0 Å². The van der Waals surface area contributed by atoms with Gasteiger partial charge in [-0.2, -0.15) is 9.64 Å². The second-order valence-electron chi connectivity index (χ2n) is 5.66. The van der Waals surface area contributed by atoms with Gasteiger partial charge < -0.3 is 11.1 Å². The minimum Gasteiger partial charge on any atom is -0.382 e. The molecule has 4 unspecified atom stereocenters. The van der Waals surface area contributed by atoms with Crippen LogP contribution >= 0.6 is 11.5 Å². The Morgan fingerprint density at radius 3 is 2.94 bits per heavy atom. The highest BCUT2D eigenvalue weighted by atomic mass is 32.1. The average molecular weight is 262 g/mol. The van der Waals surface area contributed by atoms with Gasteiger partial charge in [-0.15, -0.1) is 0 Å². The standard InChI is InChI=1S/C13H18N4S/c1-7(10-5-8-2-3-9(10)4-8)16-13-11(6-14)12(15)17-18-13/h7-10,16H,2-5H2,1H3,(H2,15,17). The second-order valence-corrected chi connectivity index (χ2v) is 6.43. The zero-order chi connectivity index (χ0) is 12.7. The summed E-state index contributed by atoms with van der Waals surface area (Å²) in [6, 6.07) is 2.54. The monoisotopic (exact) mass is 262 g/mol. The molecule has 0 spiro atoms. The van der Waals surface area contributed by atoms with Crippen LogP contribution in [-0.2, 0) is 0 Å². The van der Waals surface area contributed by atoms with Crippen LogP contribution in [0, 0.1) is 29.1 Å². The lowest BCUT2D eigenvalue weighted by Gasteiger charge is -2.28. The summed E-state index contributed by atoms with van der Waals surface area (Å²) < 4.78 is 4.05. The Balaban J connectivity index is 1.71. The molecular weight excluding hydrogens is 244 g/mol. The van der Waals surface area contributed by atoms with Crippen molar-refractivity contribution in [3.05, 3.63) is 5.56 Å². The first-order chi connectivity index (χ1) is 8.69. The van der Waals surface area contributed by atoms with E-state index in [1.165, 1.54) is 37.2 Å². The van der Waals surface area contributed by atoms with Gasteiger partial charge in [0.05, 0.1) is 0 Å². The highest BCUT2D eigenvalue weighted by Crippen LogP contribution is 2.50. The SMILES string of the molecule is CC(Nc1snc(N)c1C#N)C1CC2CCC1C2. The molecule has 3 N–H and O–H groups in total. The molecule has 1 aromatic heterocycles. The summed E-state index contributed by atoms with van der Waals surface area (Å²) in [6.45, 7) is 2.22. The second kappa shape index (κ2) is 4.43. The summed E-state index contributed by atoms with van der Waals surface area (Å²) in [7, 11) is 0. The number of anilines is 2. The van der Waals surface area contributed by atoms with Crippen LogP contribution in [0.1, 0.15) is 38.2 Å². The highest BCUT2D eigenvalue weighted by Gasteiger charge is 2.42. The topological polar surface area (TPSA) is 74.7 Å². The molecule has 0 aliphatic heterocycles. The van der Waals surface area contributed by atoms with E-state index in [0.717, 1.165) is 22.8 Å². The first-order valence-corrected chi connectivity index (χ1v) is 7.38. The minimum atomic E-state index is 0.352. The molecule has 1 aromatic rings. The molecule has 18 heavy (non-hydrogen) atoms. The maximum absolute atomic E-state index is 9.07. The zero-order valence-corrected chi connectivity index (χ0v) is 11.3.